The molecule has 1 unspecified atom stereocenters. The van der Waals surface area contributed by atoms with E-state index in [0.29, 0.717) is 6.04 Å². The minimum absolute atomic E-state index is 0.188. The maximum atomic E-state index is 12.7. The molecule has 16 heavy (non-hydrogen) atoms. The molecule has 0 bridgehead atoms. The second-order valence-corrected chi connectivity index (χ2v) is 4.12. The van der Waals surface area contributed by atoms with Crippen LogP contribution >= 0.6 is 0 Å². The van der Waals surface area contributed by atoms with Gasteiger partial charge >= 0.3 is 0 Å². The molecule has 2 N–H and O–H groups in total. The van der Waals surface area contributed by atoms with Crippen LogP contribution in [0.25, 0.3) is 0 Å². The lowest BCUT2D eigenvalue weighted by Gasteiger charge is -2.13. The zero-order chi connectivity index (χ0) is 11.8. The lowest BCUT2D eigenvalue weighted by atomic mass is 10.1. The van der Waals surface area contributed by atoms with Crippen molar-refractivity contribution in [1.82, 2.24) is 5.32 Å². The summed E-state index contributed by atoms with van der Waals surface area (Å²) in [5, 5.41) is 12.0. The molecule has 0 radical (unpaired) electrons. The lowest BCUT2D eigenvalue weighted by Crippen LogP contribution is -2.29. The van der Waals surface area contributed by atoms with E-state index in [9.17, 15) is 4.39 Å². The predicted octanol–water partition coefficient (Wildman–Crippen LogP) is 2.12. The van der Waals surface area contributed by atoms with E-state index in [0.717, 1.165) is 31.4 Å². The first-order chi connectivity index (χ1) is 7.72. The van der Waals surface area contributed by atoms with Gasteiger partial charge in [-0.05, 0) is 50.4 Å². The van der Waals surface area contributed by atoms with Crippen LogP contribution in [0.4, 0.5) is 4.39 Å². The Bertz CT molecular complexity index is 286. The zero-order valence-corrected chi connectivity index (χ0v) is 9.75. The molecule has 0 fully saturated rings. The molecule has 0 saturated heterocycles. The minimum Gasteiger partial charge on any atom is -0.396 e. The van der Waals surface area contributed by atoms with Gasteiger partial charge in [0, 0.05) is 12.6 Å². The van der Waals surface area contributed by atoms with Crippen LogP contribution in [0, 0.1) is 5.82 Å². The summed E-state index contributed by atoms with van der Waals surface area (Å²) in [6.07, 6.45) is 2.74. The van der Waals surface area contributed by atoms with Crippen molar-refractivity contribution >= 4 is 0 Å². The van der Waals surface area contributed by atoms with Gasteiger partial charge in [-0.15, -0.1) is 0 Å². The van der Waals surface area contributed by atoms with E-state index < -0.39 is 0 Å². The summed E-state index contributed by atoms with van der Waals surface area (Å²) in [6, 6.07) is 7.01. The highest BCUT2D eigenvalue weighted by atomic mass is 19.1. The number of unbranched alkanes of at least 4 members (excludes halogenated alkanes) is 1. The van der Waals surface area contributed by atoms with E-state index in [4.69, 9.17) is 5.11 Å². The highest BCUT2D eigenvalue weighted by Crippen LogP contribution is 2.05. The van der Waals surface area contributed by atoms with Crippen LogP contribution < -0.4 is 5.32 Å². The molecule has 1 atom stereocenters. The van der Waals surface area contributed by atoms with Crippen molar-refractivity contribution in [1.29, 1.82) is 0 Å². The first-order valence-electron chi connectivity index (χ1n) is 5.81. The summed E-state index contributed by atoms with van der Waals surface area (Å²) in [4.78, 5) is 0. The van der Waals surface area contributed by atoms with Crippen LogP contribution in [-0.2, 0) is 6.42 Å². The normalized spacial score (nSPS) is 12.7. The Labute approximate surface area is 96.5 Å². The summed E-state index contributed by atoms with van der Waals surface area (Å²) >= 11 is 0. The summed E-state index contributed by atoms with van der Waals surface area (Å²) in [6.45, 7) is 3.29. The fourth-order valence-corrected chi connectivity index (χ4v) is 1.63. The molecule has 0 aliphatic rings. The molecule has 0 amide bonds. The molecule has 0 aromatic heterocycles. The smallest absolute Gasteiger partial charge is 0.123 e. The van der Waals surface area contributed by atoms with Crippen molar-refractivity contribution in [3.05, 3.63) is 35.6 Å². The van der Waals surface area contributed by atoms with E-state index in [1.54, 1.807) is 0 Å². The van der Waals surface area contributed by atoms with Gasteiger partial charge in [0.05, 0.1) is 0 Å². The molecule has 0 spiro atoms. The molecular formula is C13H20FNO. The monoisotopic (exact) mass is 225 g/mol. The molecule has 1 aromatic rings. The fraction of sp³-hybridized carbons (Fsp3) is 0.538. The third kappa shape index (κ3) is 5.24. The highest BCUT2D eigenvalue weighted by molar-refractivity contribution is 5.16. The lowest BCUT2D eigenvalue weighted by molar-refractivity contribution is 0.282. The van der Waals surface area contributed by atoms with Crippen molar-refractivity contribution in [3.8, 4) is 0 Å². The summed E-state index contributed by atoms with van der Waals surface area (Å²) < 4.78 is 12.7. The fourth-order valence-electron chi connectivity index (χ4n) is 1.63. The van der Waals surface area contributed by atoms with Crippen molar-refractivity contribution in [2.24, 2.45) is 0 Å². The van der Waals surface area contributed by atoms with Crippen LogP contribution in [-0.4, -0.2) is 24.3 Å². The molecule has 0 heterocycles. The average Bonchev–Trinajstić information content (AvgIpc) is 2.28. The number of hydrogen-bond donors (Lipinski definition) is 2. The van der Waals surface area contributed by atoms with Gasteiger partial charge in [0.15, 0.2) is 0 Å². The molecule has 0 aliphatic carbocycles. The van der Waals surface area contributed by atoms with Crippen molar-refractivity contribution in [2.45, 2.75) is 32.2 Å². The highest BCUT2D eigenvalue weighted by Gasteiger charge is 2.02. The number of rotatable bonds is 7. The Morgan fingerprint density at radius 3 is 2.56 bits per heavy atom. The van der Waals surface area contributed by atoms with E-state index in [2.05, 4.69) is 12.2 Å². The molecule has 1 rings (SSSR count). The molecule has 0 saturated carbocycles. The van der Waals surface area contributed by atoms with Crippen molar-refractivity contribution < 1.29 is 9.50 Å². The summed E-state index contributed by atoms with van der Waals surface area (Å²) in [5.74, 6) is -0.188. The first-order valence-corrected chi connectivity index (χ1v) is 5.81. The quantitative estimate of drug-likeness (QED) is 0.697. The van der Waals surface area contributed by atoms with Crippen molar-refractivity contribution in [2.75, 3.05) is 13.2 Å². The zero-order valence-electron chi connectivity index (χ0n) is 9.75. The molecule has 1 aromatic carbocycles. The SMILES string of the molecule is CC(Cc1ccc(F)cc1)NCCCCO. The molecule has 90 valence electrons. The minimum atomic E-state index is -0.188. The number of hydrogen-bond acceptors (Lipinski definition) is 2. The second kappa shape index (κ2) is 7.36. The van der Waals surface area contributed by atoms with Crippen LogP contribution in [0.3, 0.4) is 0 Å². The number of halogens is 1. The standard InChI is InChI=1S/C13H20FNO/c1-11(15-8-2-3-9-16)10-12-4-6-13(14)7-5-12/h4-7,11,15-16H,2-3,8-10H2,1H3. The van der Waals surface area contributed by atoms with Gasteiger partial charge in [0.2, 0.25) is 0 Å². The Hall–Kier alpha value is -0.930. The van der Waals surface area contributed by atoms with Crippen LogP contribution in [0.2, 0.25) is 0 Å². The van der Waals surface area contributed by atoms with Gasteiger partial charge in [-0.2, -0.15) is 0 Å². The van der Waals surface area contributed by atoms with E-state index >= 15 is 0 Å². The van der Waals surface area contributed by atoms with Gasteiger partial charge in [-0.1, -0.05) is 12.1 Å². The van der Waals surface area contributed by atoms with Crippen LogP contribution in [0.5, 0.6) is 0 Å². The number of aliphatic hydroxyl groups is 1. The van der Waals surface area contributed by atoms with Crippen LogP contribution in [0.1, 0.15) is 25.3 Å². The second-order valence-electron chi connectivity index (χ2n) is 4.12. The molecule has 0 aliphatic heterocycles. The predicted molar refractivity (Wildman–Crippen MR) is 63.9 cm³/mol. The van der Waals surface area contributed by atoms with E-state index in [-0.39, 0.29) is 12.4 Å². The first kappa shape index (κ1) is 13.1. The molecule has 3 heteroatoms. The van der Waals surface area contributed by atoms with Gasteiger partial charge in [-0.25, -0.2) is 4.39 Å². The van der Waals surface area contributed by atoms with Gasteiger partial charge in [-0.3, -0.25) is 0 Å². The Balaban J connectivity index is 2.23. The average molecular weight is 225 g/mol. The molecule has 2 nitrogen and oxygen atoms in total. The summed E-state index contributed by atoms with van der Waals surface area (Å²) in [5.41, 5.74) is 1.14. The Morgan fingerprint density at radius 2 is 1.94 bits per heavy atom. The van der Waals surface area contributed by atoms with Crippen molar-refractivity contribution in [3.63, 3.8) is 0 Å². The summed E-state index contributed by atoms with van der Waals surface area (Å²) in [7, 11) is 0. The maximum Gasteiger partial charge on any atom is 0.123 e. The van der Waals surface area contributed by atoms with Gasteiger partial charge in [0.1, 0.15) is 5.82 Å². The van der Waals surface area contributed by atoms with E-state index in [1.165, 1.54) is 12.1 Å². The largest absolute Gasteiger partial charge is 0.396 e. The number of aliphatic hydroxyl groups excluding tert-OH is 1. The number of nitrogens with one attached hydrogen (secondary N) is 1. The Morgan fingerprint density at radius 1 is 1.25 bits per heavy atom. The van der Waals surface area contributed by atoms with Gasteiger partial charge in [0.25, 0.3) is 0 Å². The van der Waals surface area contributed by atoms with E-state index in [1.807, 2.05) is 12.1 Å². The topological polar surface area (TPSA) is 32.3 Å². The number of benzene rings is 1. The molecular weight excluding hydrogens is 205 g/mol. The van der Waals surface area contributed by atoms with Gasteiger partial charge < -0.3 is 10.4 Å². The Kier molecular flexibility index (Phi) is 6.04. The van der Waals surface area contributed by atoms with Crippen LogP contribution in [0.15, 0.2) is 24.3 Å². The third-order valence-corrected chi connectivity index (χ3v) is 2.53. The third-order valence-electron chi connectivity index (χ3n) is 2.53. The maximum absolute atomic E-state index is 12.7.